The highest BCUT2D eigenvalue weighted by atomic mass is 16.2. The van der Waals surface area contributed by atoms with Crippen molar-refractivity contribution in [1.29, 1.82) is 0 Å². The lowest BCUT2D eigenvalue weighted by atomic mass is 9.84. The summed E-state index contributed by atoms with van der Waals surface area (Å²) in [5, 5.41) is 3.47. The number of carbonyl (C=O) groups excluding carboxylic acids is 1. The predicted molar refractivity (Wildman–Crippen MR) is 71.2 cm³/mol. The Bertz CT molecular complexity index is 355. The molecule has 1 amide bonds. The van der Waals surface area contributed by atoms with Crippen molar-refractivity contribution in [3.63, 3.8) is 0 Å². The van der Waals surface area contributed by atoms with E-state index < -0.39 is 0 Å². The molecule has 1 N–H and O–H groups in total. The van der Waals surface area contributed by atoms with Crippen LogP contribution in [0, 0.1) is 17.8 Å². The smallest absolute Gasteiger partial charge is 0.227 e. The largest absolute Gasteiger partial charge is 0.337 e. The van der Waals surface area contributed by atoms with E-state index in [0.717, 1.165) is 39.1 Å². The molecule has 102 valence electrons. The van der Waals surface area contributed by atoms with E-state index in [-0.39, 0.29) is 11.5 Å². The number of nitrogens with zero attached hydrogens (tertiary/aromatic N) is 2. The Hall–Kier alpha value is -0.610. The number of rotatable bonds is 1. The maximum absolute atomic E-state index is 12.7. The van der Waals surface area contributed by atoms with Crippen LogP contribution in [0.3, 0.4) is 0 Å². The van der Waals surface area contributed by atoms with Gasteiger partial charge in [0.25, 0.3) is 0 Å². The number of nitrogens with one attached hydrogen (secondary N) is 1. The van der Waals surface area contributed by atoms with Gasteiger partial charge < -0.3 is 15.1 Å². The van der Waals surface area contributed by atoms with Gasteiger partial charge in [-0.05, 0) is 45.7 Å². The van der Waals surface area contributed by atoms with Gasteiger partial charge in [0.15, 0.2) is 0 Å². The summed E-state index contributed by atoms with van der Waals surface area (Å²) in [5.41, 5.74) is 0.0341. The SMILES string of the molecule is CN1CCC(C(=O)N2CC3CNCC3C2(C)C)C1. The summed E-state index contributed by atoms with van der Waals surface area (Å²) in [7, 11) is 2.11. The zero-order valence-corrected chi connectivity index (χ0v) is 11.8. The molecule has 3 rings (SSSR count). The Morgan fingerprint density at radius 3 is 2.67 bits per heavy atom. The topological polar surface area (TPSA) is 35.6 Å². The minimum absolute atomic E-state index is 0.0341. The molecule has 18 heavy (non-hydrogen) atoms. The van der Waals surface area contributed by atoms with Crippen molar-refractivity contribution < 1.29 is 4.79 Å². The summed E-state index contributed by atoms with van der Waals surface area (Å²) in [4.78, 5) is 17.2. The van der Waals surface area contributed by atoms with Crippen molar-refractivity contribution in [2.45, 2.75) is 25.8 Å². The third kappa shape index (κ3) is 1.77. The van der Waals surface area contributed by atoms with Crippen molar-refractivity contribution in [3.8, 4) is 0 Å². The average molecular weight is 251 g/mol. The highest BCUT2D eigenvalue weighted by molar-refractivity contribution is 5.80. The molecule has 0 radical (unpaired) electrons. The molecular formula is C14H25N3O. The highest BCUT2D eigenvalue weighted by Gasteiger charge is 2.52. The Kier molecular flexibility index (Phi) is 2.90. The summed E-state index contributed by atoms with van der Waals surface area (Å²) in [6.07, 6.45) is 1.04. The van der Waals surface area contributed by atoms with Gasteiger partial charge in [0.1, 0.15) is 0 Å². The van der Waals surface area contributed by atoms with Crippen LogP contribution in [0.15, 0.2) is 0 Å². The van der Waals surface area contributed by atoms with Crippen molar-refractivity contribution in [3.05, 3.63) is 0 Å². The molecule has 3 unspecified atom stereocenters. The molecule has 3 fully saturated rings. The van der Waals surface area contributed by atoms with Gasteiger partial charge in [-0.25, -0.2) is 0 Å². The van der Waals surface area contributed by atoms with Gasteiger partial charge in [0.2, 0.25) is 5.91 Å². The lowest BCUT2D eigenvalue weighted by Crippen LogP contribution is -2.50. The lowest BCUT2D eigenvalue weighted by molar-refractivity contribution is -0.139. The molecule has 0 aromatic heterocycles. The second-order valence-corrected chi connectivity index (χ2v) is 6.88. The maximum Gasteiger partial charge on any atom is 0.227 e. The molecule has 4 nitrogen and oxygen atoms in total. The maximum atomic E-state index is 12.7. The monoisotopic (exact) mass is 251 g/mol. The minimum Gasteiger partial charge on any atom is -0.337 e. The zero-order valence-electron chi connectivity index (χ0n) is 11.8. The van der Waals surface area contributed by atoms with Gasteiger partial charge in [-0.1, -0.05) is 0 Å². The van der Waals surface area contributed by atoms with Crippen molar-refractivity contribution in [1.82, 2.24) is 15.1 Å². The van der Waals surface area contributed by atoms with E-state index in [1.54, 1.807) is 0 Å². The van der Waals surface area contributed by atoms with Gasteiger partial charge >= 0.3 is 0 Å². The summed E-state index contributed by atoms with van der Waals surface area (Å²) in [6.45, 7) is 9.64. The van der Waals surface area contributed by atoms with Crippen LogP contribution in [0.25, 0.3) is 0 Å². The quantitative estimate of drug-likeness (QED) is 0.732. The standard InChI is InChI=1S/C14H25N3O/c1-14(2)12-7-15-6-11(12)9-17(14)13(18)10-4-5-16(3)8-10/h10-12,15H,4-9H2,1-3H3. The third-order valence-corrected chi connectivity index (χ3v) is 5.37. The molecule has 0 spiro atoms. The number of hydrogen-bond acceptors (Lipinski definition) is 3. The second kappa shape index (κ2) is 4.20. The summed E-state index contributed by atoms with van der Waals surface area (Å²) < 4.78 is 0. The van der Waals surface area contributed by atoms with Gasteiger partial charge in [-0.2, -0.15) is 0 Å². The molecule has 3 aliphatic rings. The molecule has 0 aliphatic carbocycles. The first-order valence-electron chi connectivity index (χ1n) is 7.21. The number of likely N-dealkylation sites (tertiary alicyclic amines) is 2. The first-order valence-corrected chi connectivity index (χ1v) is 7.21. The Balaban J connectivity index is 1.74. The van der Waals surface area contributed by atoms with E-state index in [2.05, 4.69) is 36.0 Å². The van der Waals surface area contributed by atoms with Gasteiger partial charge in [0, 0.05) is 31.7 Å². The van der Waals surface area contributed by atoms with Crippen molar-refractivity contribution >= 4 is 5.91 Å². The van der Waals surface area contributed by atoms with E-state index in [0.29, 0.717) is 17.7 Å². The summed E-state index contributed by atoms with van der Waals surface area (Å²) >= 11 is 0. The van der Waals surface area contributed by atoms with Gasteiger partial charge in [0.05, 0.1) is 5.92 Å². The fourth-order valence-corrected chi connectivity index (χ4v) is 4.15. The predicted octanol–water partition coefficient (Wildman–Crippen LogP) is 0.395. The molecule has 0 saturated carbocycles. The zero-order chi connectivity index (χ0) is 12.9. The van der Waals surface area contributed by atoms with E-state index in [1.807, 2.05) is 0 Å². The Labute approximate surface area is 110 Å². The van der Waals surface area contributed by atoms with Crippen LogP contribution in [-0.4, -0.2) is 61.0 Å². The second-order valence-electron chi connectivity index (χ2n) is 6.88. The minimum atomic E-state index is 0.0341. The summed E-state index contributed by atoms with van der Waals surface area (Å²) in [5.74, 6) is 1.95. The van der Waals surface area contributed by atoms with Crippen LogP contribution in [-0.2, 0) is 4.79 Å². The van der Waals surface area contributed by atoms with E-state index >= 15 is 0 Å². The van der Waals surface area contributed by atoms with Crippen LogP contribution >= 0.6 is 0 Å². The van der Waals surface area contributed by atoms with Crippen LogP contribution in [0.4, 0.5) is 0 Å². The average Bonchev–Trinajstić information content (AvgIpc) is 2.96. The molecule has 4 heteroatoms. The van der Waals surface area contributed by atoms with Crippen LogP contribution in [0.5, 0.6) is 0 Å². The van der Waals surface area contributed by atoms with Gasteiger partial charge in [-0.15, -0.1) is 0 Å². The molecule has 0 bridgehead atoms. The molecule has 0 aromatic rings. The fraction of sp³-hybridized carbons (Fsp3) is 0.929. The van der Waals surface area contributed by atoms with Crippen molar-refractivity contribution in [2.24, 2.45) is 17.8 Å². The number of fused-ring (bicyclic) bond motifs is 1. The number of amides is 1. The van der Waals surface area contributed by atoms with Gasteiger partial charge in [-0.3, -0.25) is 4.79 Å². The number of carbonyl (C=O) groups is 1. The highest BCUT2D eigenvalue weighted by Crippen LogP contribution is 2.41. The normalized spacial score (nSPS) is 39.3. The fourth-order valence-electron chi connectivity index (χ4n) is 4.15. The molecule has 3 saturated heterocycles. The van der Waals surface area contributed by atoms with Crippen LogP contribution in [0.1, 0.15) is 20.3 Å². The molecule has 3 atom stereocenters. The van der Waals surface area contributed by atoms with Crippen LogP contribution in [0.2, 0.25) is 0 Å². The van der Waals surface area contributed by atoms with E-state index in [1.165, 1.54) is 0 Å². The molecule has 3 aliphatic heterocycles. The van der Waals surface area contributed by atoms with E-state index in [4.69, 9.17) is 0 Å². The third-order valence-electron chi connectivity index (χ3n) is 5.37. The van der Waals surface area contributed by atoms with Crippen LogP contribution < -0.4 is 5.32 Å². The first-order chi connectivity index (χ1) is 8.50. The molecule has 3 heterocycles. The Morgan fingerprint density at radius 2 is 2.06 bits per heavy atom. The van der Waals surface area contributed by atoms with Crippen molar-refractivity contribution in [2.75, 3.05) is 39.8 Å². The molecule has 0 aromatic carbocycles. The molecular weight excluding hydrogens is 226 g/mol. The summed E-state index contributed by atoms with van der Waals surface area (Å²) in [6, 6.07) is 0. The Morgan fingerprint density at radius 1 is 1.28 bits per heavy atom. The first kappa shape index (κ1) is 12.4. The lowest BCUT2D eigenvalue weighted by Gasteiger charge is -2.37. The number of hydrogen-bond donors (Lipinski definition) is 1. The van der Waals surface area contributed by atoms with E-state index in [9.17, 15) is 4.79 Å².